The normalized spacial score (nSPS) is 13.3. The Hall–Kier alpha value is -1.70. The van der Waals surface area contributed by atoms with Gasteiger partial charge in [0, 0.05) is 15.6 Å². The van der Waals surface area contributed by atoms with Crippen LogP contribution < -0.4 is 10.0 Å². The van der Waals surface area contributed by atoms with Crippen molar-refractivity contribution < 1.29 is 13.2 Å². The van der Waals surface area contributed by atoms with E-state index >= 15 is 0 Å². The van der Waals surface area contributed by atoms with Crippen molar-refractivity contribution in [2.24, 2.45) is 0 Å². The van der Waals surface area contributed by atoms with E-state index in [4.69, 9.17) is 0 Å². The second-order valence-electron chi connectivity index (χ2n) is 7.58. The van der Waals surface area contributed by atoms with Crippen LogP contribution in [-0.4, -0.2) is 19.9 Å². The van der Waals surface area contributed by atoms with Gasteiger partial charge in [0.1, 0.15) is 0 Å². The van der Waals surface area contributed by atoms with Crippen molar-refractivity contribution in [3.63, 3.8) is 0 Å². The molecule has 2 rings (SSSR count). The highest BCUT2D eigenvalue weighted by Crippen LogP contribution is 2.20. The summed E-state index contributed by atoms with van der Waals surface area (Å²) in [5.41, 5.74) is 1.41. The molecule has 0 radical (unpaired) electrons. The largest absolute Gasteiger partial charge is 0.346 e. The van der Waals surface area contributed by atoms with Gasteiger partial charge in [-0.25, -0.2) is 13.1 Å². The van der Waals surface area contributed by atoms with Gasteiger partial charge in [0.2, 0.25) is 10.0 Å². The summed E-state index contributed by atoms with van der Waals surface area (Å²) in [5.74, 6) is -0.310. The number of sulfonamides is 1. The lowest BCUT2D eigenvalue weighted by Crippen LogP contribution is -2.40. The predicted octanol–water partition coefficient (Wildman–Crippen LogP) is 4.33. The minimum Gasteiger partial charge on any atom is -0.346 e. The first-order valence-electron chi connectivity index (χ1n) is 8.60. The van der Waals surface area contributed by atoms with E-state index in [1.54, 1.807) is 33.8 Å². The van der Waals surface area contributed by atoms with Gasteiger partial charge in [0.25, 0.3) is 5.91 Å². The van der Waals surface area contributed by atoms with Gasteiger partial charge >= 0.3 is 0 Å². The molecule has 0 fully saturated rings. The van der Waals surface area contributed by atoms with E-state index in [0.29, 0.717) is 11.1 Å². The summed E-state index contributed by atoms with van der Waals surface area (Å²) in [7, 11) is -3.71. The van der Waals surface area contributed by atoms with Gasteiger partial charge in [-0.2, -0.15) is 0 Å². The Balaban J connectivity index is 2.27. The SMILES string of the molecule is Cc1ccc(S(=O)(=O)NC(C)(C)C)cc1C(=O)NC(C)c1ccc(Br)cc1. The summed E-state index contributed by atoms with van der Waals surface area (Å²) < 4.78 is 28.7. The lowest BCUT2D eigenvalue weighted by Gasteiger charge is -2.21. The van der Waals surface area contributed by atoms with Crippen LogP contribution in [-0.2, 0) is 10.0 Å². The highest BCUT2D eigenvalue weighted by molar-refractivity contribution is 9.10. The van der Waals surface area contributed by atoms with Gasteiger partial charge in [0.05, 0.1) is 10.9 Å². The average Bonchev–Trinajstić information content (AvgIpc) is 2.53. The first-order valence-corrected chi connectivity index (χ1v) is 10.9. The summed E-state index contributed by atoms with van der Waals surface area (Å²) in [6.45, 7) is 8.98. The van der Waals surface area contributed by atoms with Gasteiger partial charge in [-0.1, -0.05) is 34.1 Å². The van der Waals surface area contributed by atoms with E-state index in [-0.39, 0.29) is 16.8 Å². The monoisotopic (exact) mass is 452 g/mol. The summed E-state index contributed by atoms with van der Waals surface area (Å²) in [4.78, 5) is 12.8. The number of benzene rings is 2. The van der Waals surface area contributed by atoms with Crippen LogP contribution in [0.5, 0.6) is 0 Å². The quantitative estimate of drug-likeness (QED) is 0.708. The van der Waals surface area contributed by atoms with Crippen molar-refractivity contribution in [1.82, 2.24) is 10.0 Å². The maximum atomic E-state index is 12.7. The molecule has 2 aromatic carbocycles. The van der Waals surface area contributed by atoms with E-state index in [0.717, 1.165) is 10.0 Å². The van der Waals surface area contributed by atoms with E-state index < -0.39 is 15.6 Å². The van der Waals surface area contributed by atoms with Crippen molar-refractivity contribution in [2.45, 2.75) is 51.1 Å². The fourth-order valence-corrected chi connectivity index (χ4v) is 4.29. The molecule has 0 saturated carbocycles. The fraction of sp³-hybridized carbons (Fsp3) is 0.350. The maximum absolute atomic E-state index is 12.7. The Bertz CT molecular complexity index is 933. The third kappa shape index (κ3) is 5.89. The molecule has 0 heterocycles. The Morgan fingerprint density at radius 2 is 1.67 bits per heavy atom. The lowest BCUT2D eigenvalue weighted by atomic mass is 10.1. The van der Waals surface area contributed by atoms with Crippen LogP contribution in [0.4, 0.5) is 0 Å². The van der Waals surface area contributed by atoms with Crippen molar-refractivity contribution >= 4 is 31.9 Å². The second kappa shape index (κ2) is 8.12. The molecule has 0 aliphatic carbocycles. The van der Waals surface area contributed by atoms with Gasteiger partial charge in [-0.15, -0.1) is 0 Å². The molecule has 7 heteroatoms. The van der Waals surface area contributed by atoms with Crippen molar-refractivity contribution in [3.8, 4) is 0 Å². The molecule has 2 N–H and O–H groups in total. The fourth-order valence-electron chi connectivity index (χ4n) is 2.58. The molecule has 146 valence electrons. The van der Waals surface area contributed by atoms with Crippen LogP contribution in [0.3, 0.4) is 0 Å². The Morgan fingerprint density at radius 3 is 2.22 bits per heavy atom. The van der Waals surface area contributed by atoms with E-state index in [2.05, 4.69) is 26.0 Å². The summed E-state index contributed by atoms with van der Waals surface area (Å²) >= 11 is 3.39. The molecular formula is C20H25BrN2O3S. The number of amides is 1. The third-order valence-electron chi connectivity index (χ3n) is 3.92. The molecule has 1 unspecified atom stereocenters. The highest BCUT2D eigenvalue weighted by Gasteiger charge is 2.24. The van der Waals surface area contributed by atoms with E-state index in [1.165, 1.54) is 12.1 Å². The molecule has 2 aromatic rings. The number of nitrogens with one attached hydrogen (secondary N) is 2. The number of carbonyl (C=O) groups is 1. The zero-order chi connectivity index (χ0) is 20.4. The zero-order valence-corrected chi connectivity index (χ0v) is 18.5. The number of hydrogen-bond donors (Lipinski definition) is 2. The minimum absolute atomic E-state index is 0.0736. The molecule has 1 amide bonds. The lowest BCUT2D eigenvalue weighted by molar-refractivity contribution is 0.0939. The summed E-state index contributed by atoms with van der Waals surface area (Å²) in [6.07, 6.45) is 0. The van der Waals surface area contributed by atoms with Gasteiger partial charge < -0.3 is 5.32 Å². The van der Waals surface area contributed by atoms with Crippen LogP contribution in [0.1, 0.15) is 55.2 Å². The van der Waals surface area contributed by atoms with Crippen molar-refractivity contribution in [1.29, 1.82) is 0 Å². The van der Waals surface area contributed by atoms with E-state index in [9.17, 15) is 13.2 Å². The molecule has 0 aromatic heterocycles. The minimum atomic E-state index is -3.71. The number of aryl methyl sites for hydroxylation is 1. The van der Waals surface area contributed by atoms with Crippen LogP contribution in [0.25, 0.3) is 0 Å². The molecule has 0 aliphatic rings. The molecule has 5 nitrogen and oxygen atoms in total. The Kier molecular flexibility index (Phi) is 6.50. The number of halogens is 1. The van der Waals surface area contributed by atoms with E-state index in [1.807, 2.05) is 31.2 Å². The summed E-state index contributed by atoms with van der Waals surface area (Å²) in [6, 6.07) is 12.1. The standard InChI is InChI=1S/C20H25BrN2O3S/c1-13-6-11-17(27(25,26)23-20(3,4)5)12-18(13)19(24)22-14(2)15-7-9-16(21)10-8-15/h6-12,14,23H,1-5H3,(H,22,24). The van der Waals surface area contributed by atoms with Crippen LogP contribution in [0, 0.1) is 6.92 Å². The van der Waals surface area contributed by atoms with Gasteiger partial charge in [-0.3, -0.25) is 4.79 Å². The second-order valence-corrected chi connectivity index (χ2v) is 10.2. The molecule has 0 saturated heterocycles. The maximum Gasteiger partial charge on any atom is 0.252 e. The molecule has 0 spiro atoms. The Morgan fingerprint density at radius 1 is 1.07 bits per heavy atom. The van der Waals surface area contributed by atoms with Crippen LogP contribution in [0.15, 0.2) is 51.8 Å². The molecule has 27 heavy (non-hydrogen) atoms. The topological polar surface area (TPSA) is 75.3 Å². The average molecular weight is 453 g/mol. The van der Waals surface area contributed by atoms with Crippen LogP contribution in [0.2, 0.25) is 0 Å². The third-order valence-corrected chi connectivity index (χ3v) is 6.21. The van der Waals surface area contributed by atoms with Gasteiger partial charge in [0.15, 0.2) is 0 Å². The predicted molar refractivity (Wildman–Crippen MR) is 111 cm³/mol. The highest BCUT2D eigenvalue weighted by atomic mass is 79.9. The van der Waals surface area contributed by atoms with Gasteiger partial charge in [-0.05, 0) is 70.0 Å². The molecule has 0 aliphatic heterocycles. The number of carbonyl (C=O) groups excluding carboxylic acids is 1. The molecule has 0 bridgehead atoms. The number of rotatable bonds is 5. The molecular weight excluding hydrogens is 428 g/mol. The van der Waals surface area contributed by atoms with Crippen molar-refractivity contribution in [3.05, 3.63) is 63.6 Å². The first kappa shape index (κ1) is 21.6. The Labute approximate surface area is 169 Å². The summed E-state index contributed by atoms with van der Waals surface area (Å²) in [5, 5.41) is 2.93. The molecule has 1 atom stereocenters. The first-order chi connectivity index (χ1) is 12.4. The van der Waals surface area contributed by atoms with Crippen LogP contribution >= 0.6 is 15.9 Å². The smallest absolute Gasteiger partial charge is 0.252 e. The number of hydrogen-bond acceptors (Lipinski definition) is 3. The zero-order valence-electron chi connectivity index (χ0n) is 16.1. The van der Waals surface area contributed by atoms with Crippen molar-refractivity contribution in [2.75, 3.05) is 0 Å².